The molecule has 3 nitrogen and oxygen atoms in total. The number of hydrogen-bond donors (Lipinski definition) is 2. The van der Waals surface area contributed by atoms with Crippen LogP contribution in [0.25, 0.3) is 0 Å². The van der Waals surface area contributed by atoms with Crippen LogP contribution in [0.1, 0.15) is 10.4 Å². The predicted molar refractivity (Wildman–Crippen MR) is 51.5 cm³/mol. The highest BCUT2D eigenvalue weighted by Crippen LogP contribution is 2.17. The van der Waals surface area contributed by atoms with Crippen molar-refractivity contribution >= 4 is 11.5 Å². The van der Waals surface area contributed by atoms with Gasteiger partial charge in [-0.1, -0.05) is 12.1 Å². The fourth-order valence-corrected chi connectivity index (χ4v) is 1.42. The molecule has 0 bridgehead atoms. The quantitative estimate of drug-likeness (QED) is 0.514. The Hall–Kier alpha value is -1.35. The van der Waals surface area contributed by atoms with E-state index < -0.39 is 0 Å². The summed E-state index contributed by atoms with van der Waals surface area (Å²) >= 11 is 0. The third-order valence-corrected chi connectivity index (χ3v) is 2.38. The molecule has 1 fully saturated rings. The van der Waals surface area contributed by atoms with E-state index in [1.54, 1.807) is 12.1 Å². The number of Topliss-reactive ketones (excluding diaryl/α,β-unsaturated/α-hetero) is 1. The van der Waals surface area contributed by atoms with Gasteiger partial charge in [-0.15, -0.1) is 0 Å². The summed E-state index contributed by atoms with van der Waals surface area (Å²) in [5.41, 5.74) is 6.94. The van der Waals surface area contributed by atoms with Crippen molar-refractivity contribution in [3.63, 3.8) is 0 Å². The van der Waals surface area contributed by atoms with Crippen molar-refractivity contribution in [1.29, 1.82) is 0 Å². The SMILES string of the molecule is Nc1ccccc1C(=O)C1CNC1. The Morgan fingerprint density at radius 2 is 2.08 bits per heavy atom. The molecule has 1 aromatic rings. The zero-order valence-electron chi connectivity index (χ0n) is 7.29. The van der Waals surface area contributed by atoms with Crippen LogP contribution < -0.4 is 11.1 Å². The Kier molecular flexibility index (Phi) is 2.02. The van der Waals surface area contributed by atoms with E-state index in [9.17, 15) is 4.79 Å². The lowest BCUT2D eigenvalue weighted by Crippen LogP contribution is -2.46. The third kappa shape index (κ3) is 1.42. The lowest BCUT2D eigenvalue weighted by Gasteiger charge is -2.25. The van der Waals surface area contributed by atoms with Gasteiger partial charge in [0, 0.05) is 30.3 Å². The molecule has 3 heteroatoms. The molecule has 0 spiro atoms. The molecule has 0 atom stereocenters. The molecule has 0 amide bonds. The standard InChI is InChI=1S/C10H12N2O/c11-9-4-2-1-3-8(9)10(13)7-5-12-6-7/h1-4,7,12H,5-6,11H2. The number of ketones is 1. The molecule has 0 unspecified atom stereocenters. The summed E-state index contributed by atoms with van der Waals surface area (Å²) < 4.78 is 0. The number of carbonyl (C=O) groups excluding carboxylic acids is 1. The first-order chi connectivity index (χ1) is 6.29. The molecular formula is C10H12N2O. The Morgan fingerprint density at radius 3 is 2.62 bits per heavy atom. The van der Waals surface area contributed by atoms with Gasteiger partial charge in [-0.25, -0.2) is 0 Å². The van der Waals surface area contributed by atoms with Gasteiger partial charge in [-0.2, -0.15) is 0 Å². The minimum Gasteiger partial charge on any atom is -0.398 e. The largest absolute Gasteiger partial charge is 0.398 e. The van der Waals surface area contributed by atoms with Crippen molar-refractivity contribution in [2.45, 2.75) is 0 Å². The predicted octanol–water partition coefficient (Wildman–Crippen LogP) is 0.671. The summed E-state index contributed by atoms with van der Waals surface area (Å²) in [6.45, 7) is 1.57. The Labute approximate surface area is 76.9 Å². The van der Waals surface area contributed by atoms with Gasteiger partial charge in [0.1, 0.15) is 0 Å². The molecular weight excluding hydrogens is 164 g/mol. The average molecular weight is 176 g/mol. The minimum absolute atomic E-state index is 0.129. The number of nitrogens with one attached hydrogen (secondary N) is 1. The van der Waals surface area contributed by atoms with Crippen LogP contribution in [0.5, 0.6) is 0 Å². The molecule has 1 aromatic carbocycles. The van der Waals surface area contributed by atoms with Crippen LogP contribution in [0.3, 0.4) is 0 Å². The second-order valence-corrected chi connectivity index (χ2v) is 3.31. The van der Waals surface area contributed by atoms with E-state index in [0.29, 0.717) is 11.3 Å². The molecule has 3 N–H and O–H groups in total. The van der Waals surface area contributed by atoms with Crippen molar-refractivity contribution in [3.8, 4) is 0 Å². The van der Waals surface area contributed by atoms with Crippen molar-refractivity contribution in [3.05, 3.63) is 29.8 Å². The van der Waals surface area contributed by atoms with Crippen LogP contribution in [0.2, 0.25) is 0 Å². The number of carbonyl (C=O) groups is 1. The van der Waals surface area contributed by atoms with Gasteiger partial charge in [0.05, 0.1) is 0 Å². The lowest BCUT2D eigenvalue weighted by molar-refractivity contribution is 0.0879. The van der Waals surface area contributed by atoms with Crippen LogP contribution in [0.15, 0.2) is 24.3 Å². The summed E-state index contributed by atoms with van der Waals surface area (Å²) in [5, 5.41) is 3.07. The maximum Gasteiger partial charge on any atom is 0.170 e. The van der Waals surface area contributed by atoms with Crippen LogP contribution in [-0.4, -0.2) is 18.9 Å². The fourth-order valence-electron chi connectivity index (χ4n) is 1.42. The summed E-state index contributed by atoms with van der Waals surface area (Å²) in [6.07, 6.45) is 0. The maximum atomic E-state index is 11.7. The normalized spacial score (nSPS) is 16.6. The summed E-state index contributed by atoms with van der Waals surface area (Å²) in [7, 11) is 0. The van der Waals surface area contributed by atoms with Crippen molar-refractivity contribution < 1.29 is 4.79 Å². The molecule has 1 saturated heterocycles. The first-order valence-electron chi connectivity index (χ1n) is 4.38. The number of nitrogens with two attached hydrogens (primary N) is 1. The van der Waals surface area contributed by atoms with Crippen molar-refractivity contribution in [2.24, 2.45) is 5.92 Å². The zero-order valence-corrected chi connectivity index (χ0v) is 7.29. The van der Waals surface area contributed by atoms with Gasteiger partial charge in [0.25, 0.3) is 0 Å². The van der Waals surface area contributed by atoms with E-state index in [4.69, 9.17) is 5.73 Å². The van der Waals surface area contributed by atoms with E-state index in [2.05, 4.69) is 5.32 Å². The molecule has 2 rings (SSSR count). The van der Waals surface area contributed by atoms with Crippen molar-refractivity contribution in [2.75, 3.05) is 18.8 Å². The Balaban J connectivity index is 2.24. The van der Waals surface area contributed by atoms with E-state index in [1.165, 1.54) is 0 Å². The van der Waals surface area contributed by atoms with Crippen LogP contribution in [0.4, 0.5) is 5.69 Å². The third-order valence-electron chi connectivity index (χ3n) is 2.38. The highest BCUT2D eigenvalue weighted by atomic mass is 16.1. The number of hydrogen-bond acceptors (Lipinski definition) is 3. The van der Waals surface area contributed by atoms with Crippen molar-refractivity contribution in [1.82, 2.24) is 5.32 Å². The van der Waals surface area contributed by atoms with Gasteiger partial charge < -0.3 is 11.1 Å². The molecule has 0 aromatic heterocycles. The van der Waals surface area contributed by atoms with Crippen LogP contribution >= 0.6 is 0 Å². The first kappa shape index (κ1) is 8.26. The summed E-state index contributed by atoms with van der Waals surface area (Å²) in [4.78, 5) is 11.7. The average Bonchev–Trinajstić information content (AvgIpc) is 2.01. The Bertz CT molecular complexity index is 331. The van der Waals surface area contributed by atoms with Gasteiger partial charge in [0.2, 0.25) is 0 Å². The number of nitrogen functional groups attached to an aromatic ring is 1. The monoisotopic (exact) mass is 176 g/mol. The highest BCUT2D eigenvalue weighted by molar-refractivity contribution is 6.02. The smallest absolute Gasteiger partial charge is 0.170 e. The van der Waals surface area contributed by atoms with E-state index in [0.717, 1.165) is 13.1 Å². The maximum absolute atomic E-state index is 11.7. The minimum atomic E-state index is 0.129. The fraction of sp³-hybridized carbons (Fsp3) is 0.300. The lowest BCUT2D eigenvalue weighted by atomic mass is 9.92. The molecule has 0 saturated carbocycles. The number of para-hydroxylation sites is 1. The zero-order chi connectivity index (χ0) is 9.26. The number of rotatable bonds is 2. The van der Waals surface area contributed by atoms with Gasteiger partial charge in [-0.05, 0) is 12.1 Å². The van der Waals surface area contributed by atoms with Gasteiger partial charge in [0.15, 0.2) is 5.78 Å². The Morgan fingerprint density at radius 1 is 1.38 bits per heavy atom. The topological polar surface area (TPSA) is 55.1 Å². The molecule has 1 aliphatic rings. The highest BCUT2D eigenvalue weighted by Gasteiger charge is 2.26. The summed E-state index contributed by atoms with van der Waals surface area (Å²) in [5.74, 6) is 0.293. The summed E-state index contributed by atoms with van der Waals surface area (Å²) in [6, 6.07) is 7.23. The number of anilines is 1. The molecule has 0 radical (unpaired) electrons. The molecule has 68 valence electrons. The van der Waals surface area contributed by atoms with Crippen LogP contribution in [-0.2, 0) is 0 Å². The van der Waals surface area contributed by atoms with Crippen LogP contribution in [0, 0.1) is 5.92 Å². The molecule has 1 aliphatic heterocycles. The van der Waals surface area contributed by atoms with E-state index in [-0.39, 0.29) is 11.7 Å². The second kappa shape index (κ2) is 3.18. The molecule has 1 heterocycles. The van der Waals surface area contributed by atoms with Gasteiger partial charge >= 0.3 is 0 Å². The van der Waals surface area contributed by atoms with Gasteiger partial charge in [-0.3, -0.25) is 4.79 Å². The molecule has 0 aliphatic carbocycles. The first-order valence-corrected chi connectivity index (χ1v) is 4.38. The number of benzene rings is 1. The second-order valence-electron chi connectivity index (χ2n) is 3.31. The van der Waals surface area contributed by atoms with E-state index >= 15 is 0 Å². The molecule has 13 heavy (non-hydrogen) atoms. The van der Waals surface area contributed by atoms with E-state index in [1.807, 2.05) is 12.1 Å².